The number of alkyl halides is 1. The number of ether oxygens (including phenoxy) is 2. The van der Waals surface area contributed by atoms with E-state index in [0.717, 1.165) is 5.56 Å². The summed E-state index contributed by atoms with van der Waals surface area (Å²) in [6.45, 7) is -0.115. The molecule has 2 aromatic rings. The van der Waals surface area contributed by atoms with Gasteiger partial charge in [0.2, 0.25) is 0 Å². The predicted molar refractivity (Wildman–Crippen MR) is 69.0 cm³/mol. The van der Waals surface area contributed by atoms with E-state index in [1.165, 1.54) is 7.11 Å². The predicted octanol–water partition coefficient (Wildman–Crippen LogP) is 2.63. The van der Waals surface area contributed by atoms with Gasteiger partial charge in [0, 0.05) is 11.6 Å². The molecule has 0 bridgehead atoms. The Balaban J connectivity index is 2.03. The molecule has 1 aromatic heterocycles. The van der Waals surface area contributed by atoms with Crippen LogP contribution in [-0.2, 0) is 15.4 Å². The van der Waals surface area contributed by atoms with Gasteiger partial charge in [-0.05, 0) is 24.3 Å². The van der Waals surface area contributed by atoms with E-state index in [0.29, 0.717) is 17.2 Å². The van der Waals surface area contributed by atoms with Gasteiger partial charge in [-0.1, -0.05) is 5.16 Å². The van der Waals surface area contributed by atoms with Gasteiger partial charge in [0.05, 0.1) is 13.0 Å². The van der Waals surface area contributed by atoms with Crippen LogP contribution >= 0.6 is 11.6 Å². The molecule has 0 aliphatic rings. The molecule has 0 unspecified atom stereocenters. The fraction of sp³-hybridized carbons (Fsp3) is 0.231. The van der Waals surface area contributed by atoms with Crippen molar-refractivity contribution in [3.63, 3.8) is 0 Å². The highest BCUT2D eigenvalue weighted by atomic mass is 35.5. The van der Waals surface area contributed by atoms with E-state index in [1.807, 2.05) is 12.1 Å². The van der Waals surface area contributed by atoms with E-state index in [1.54, 1.807) is 18.2 Å². The molecule has 2 rings (SSSR count). The lowest BCUT2D eigenvalue weighted by Gasteiger charge is -2.04. The normalized spacial score (nSPS) is 10.2. The lowest BCUT2D eigenvalue weighted by atomic mass is 10.1. The summed E-state index contributed by atoms with van der Waals surface area (Å²) < 4.78 is 14.7. The highest BCUT2D eigenvalue weighted by Crippen LogP contribution is 2.22. The highest BCUT2D eigenvalue weighted by Gasteiger charge is 2.06. The van der Waals surface area contributed by atoms with Crippen molar-refractivity contribution >= 4 is 17.6 Å². The van der Waals surface area contributed by atoms with Gasteiger partial charge in [-0.3, -0.25) is 0 Å². The number of halogens is 1. The number of methoxy groups -OCH3 is 1. The molecule has 0 aliphatic heterocycles. The van der Waals surface area contributed by atoms with Crippen LogP contribution in [0.4, 0.5) is 0 Å². The Kier molecular flexibility index (Phi) is 4.41. The Labute approximate surface area is 115 Å². The summed E-state index contributed by atoms with van der Waals surface area (Å²) >= 11 is 5.64. The molecule has 19 heavy (non-hydrogen) atoms. The number of rotatable bonds is 5. The minimum atomic E-state index is -0.424. The highest BCUT2D eigenvalue weighted by molar-refractivity contribution is 6.16. The Morgan fingerprint density at radius 2 is 2.11 bits per heavy atom. The Bertz CT molecular complexity index is 550. The van der Waals surface area contributed by atoms with Crippen LogP contribution in [0.1, 0.15) is 5.76 Å². The molecular weight excluding hydrogens is 270 g/mol. The molecule has 0 amide bonds. The quantitative estimate of drug-likeness (QED) is 0.623. The molecule has 6 heteroatoms. The lowest BCUT2D eigenvalue weighted by molar-refractivity contribution is -0.142. The minimum absolute atomic E-state index is 0.115. The Morgan fingerprint density at radius 3 is 2.68 bits per heavy atom. The van der Waals surface area contributed by atoms with Gasteiger partial charge in [-0.25, -0.2) is 4.79 Å². The molecule has 0 N–H and O–H groups in total. The molecule has 1 aromatic carbocycles. The van der Waals surface area contributed by atoms with Crippen molar-refractivity contribution in [3.05, 3.63) is 36.1 Å². The van der Waals surface area contributed by atoms with Crippen molar-refractivity contribution in [3.8, 4) is 17.0 Å². The van der Waals surface area contributed by atoms with Crippen LogP contribution in [0, 0.1) is 0 Å². The molecule has 100 valence electrons. The van der Waals surface area contributed by atoms with Crippen LogP contribution in [0.15, 0.2) is 34.9 Å². The standard InChI is InChI=1S/C13H12ClNO4/c1-17-13(16)8-18-10-4-2-9(3-5-10)12-6-11(7-14)19-15-12/h2-6H,7-8H2,1H3. The number of nitrogens with zero attached hydrogens (tertiary/aromatic N) is 1. The zero-order valence-corrected chi connectivity index (χ0v) is 11.0. The smallest absolute Gasteiger partial charge is 0.343 e. The second kappa shape index (κ2) is 6.24. The van der Waals surface area contributed by atoms with Gasteiger partial charge in [0.15, 0.2) is 12.4 Å². The number of esters is 1. The summed E-state index contributed by atoms with van der Waals surface area (Å²) in [5.74, 6) is 1.05. The average Bonchev–Trinajstić information content (AvgIpc) is 2.94. The number of hydrogen-bond acceptors (Lipinski definition) is 5. The number of carbonyl (C=O) groups is 1. The van der Waals surface area contributed by atoms with E-state index < -0.39 is 5.97 Å². The Hall–Kier alpha value is -2.01. The summed E-state index contributed by atoms with van der Waals surface area (Å²) in [4.78, 5) is 10.9. The molecule has 0 saturated carbocycles. The van der Waals surface area contributed by atoms with Crippen LogP contribution in [-0.4, -0.2) is 24.8 Å². The maximum absolute atomic E-state index is 10.9. The molecule has 0 saturated heterocycles. The molecule has 0 fully saturated rings. The first-order valence-corrected chi connectivity index (χ1v) is 6.08. The van der Waals surface area contributed by atoms with Crippen LogP contribution < -0.4 is 4.74 Å². The second-order valence-corrected chi connectivity index (χ2v) is 3.97. The van der Waals surface area contributed by atoms with Gasteiger partial charge in [-0.2, -0.15) is 0 Å². The fourth-order valence-corrected chi connectivity index (χ4v) is 1.56. The average molecular weight is 282 g/mol. The van der Waals surface area contributed by atoms with Crippen LogP contribution in [0.25, 0.3) is 11.3 Å². The number of aromatic nitrogens is 1. The van der Waals surface area contributed by atoms with Crippen molar-refractivity contribution in [1.82, 2.24) is 5.16 Å². The van der Waals surface area contributed by atoms with Gasteiger partial charge in [-0.15, -0.1) is 11.6 Å². The number of carbonyl (C=O) groups excluding carboxylic acids is 1. The molecular formula is C13H12ClNO4. The SMILES string of the molecule is COC(=O)COc1ccc(-c2cc(CCl)on2)cc1. The monoisotopic (exact) mass is 281 g/mol. The van der Waals surface area contributed by atoms with Crippen molar-refractivity contribution < 1.29 is 18.8 Å². The van der Waals surface area contributed by atoms with Crippen LogP contribution in [0.2, 0.25) is 0 Å². The van der Waals surface area contributed by atoms with E-state index in [2.05, 4.69) is 9.89 Å². The summed E-state index contributed by atoms with van der Waals surface area (Å²) in [5.41, 5.74) is 1.58. The number of hydrogen-bond donors (Lipinski definition) is 0. The number of benzene rings is 1. The first kappa shape index (κ1) is 13.4. The third-order valence-corrected chi connectivity index (χ3v) is 2.69. The maximum atomic E-state index is 10.9. The molecule has 0 spiro atoms. The second-order valence-electron chi connectivity index (χ2n) is 3.70. The summed E-state index contributed by atoms with van der Waals surface area (Å²) in [6, 6.07) is 8.91. The van der Waals surface area contributed by atoms with Gasteiger partial charge >= 0.3 is 5.97 Å². The van der Waals surface area contributed by atoms with E-state index >= 15 is 0 Å². The lowest BCUT2D eigenvalue weighted by Crippen LogP contribution is -2.12. The van der Waals surface area contributed by atoms with E-state index in [4.69, 9.17) is 20.9 Å². The summed E-state index contributed by atoms with van der Waals surface area (Å²) in [6.07, 6.45) is 0. The minimum Gasteiger partial charge on any atom is -0.482 e. The summed E-state index contributed by atoms with van der Waals surface area (Å²) in [7, 11) is 1.31. The Morgan fingerprint density at radius 1 is 1.37 bits per heavy atom. The van der Waals surface area contributed by atoms with Crippen LogP contribution in [0.3, 0.4) is 0 Å². The zero-order chi connectivity index (χ0) is 13.7. The third kappa shape index (κ3) is 3.48. The largest absolute Gasteiger partial charge is 0.482 e. The molecule has 1 heterocycles. The van der Waals surface area contributed by atoms with Crippen molar-refractivity contribution in [2.75, 3.05) is 13.7 Å². The molecule has 0 atom stereocenters. The fourth-order valence-electron chi connectivity index (χ4n) is 1.44. The first-order chi connectivity index (χ1) is 9.22. The first-order valence-electron chi connectivity index (χ1n) is 5.54. The zero-order valence-electron chi connectivity index (χ0n) is 10.3. The topological polar surface area (TPSA) is 61.6 Å². The summed E-state index contributed by atoms with van der Waals surface area (Å²) in [5, 5.41) is 3.90. The van der Waals surface area contributed by atoms with Gasteiger partial charge in [0.1, 0.15) is 11.4 Å². The van der Waals surface area contributed by atoms with Crippen molar-refractivity contribution in [1.29, 1.82) is 0 Å². The van der Waals surface area contributed by atoms with Gasteiger partial charge in [0.25, 0.3) is 0 Å². The van der Waals surface area contributed by atoms with Crippen molar-refractivity contribution in [2.24, 2.45) is 0 Å². The van der Waals surface area contributed by atoms with E-state index in [-0.39, 0.29) is 12.5 Å². The maximum Gasteiger partial charge on any atom is 0.343 e. The molecule has 0 radical (unpaired) electrons. The van der Waals surface area contributed by atoms with E-state index in [9.17, 15) is 4.79 Å². The molecule has 5 nitrogen and oxygen atoms in total. The molecule has 0 aliphatic carbocycles. The van der Waals surface area contributed by atoms with Crippen molar-refractivity contribution in [2.45, 2.75) is 5.88 Å². The third-order valence-electron chi connectivity index (χ3n) is 2.43. The van der Waals surface area contributed by atoms with Crippen LogP contribution in [0.5, 0.6) is 5.75 Å². The van der Waals surface area contributed by atoms with Gasteiger partial charge < -0.3 is 14.0 Å².